The van der Waals surface area contributed by atoms with Gasteiger partial charge in [-0.15, -0.1) is 0 Å². The lowest BCUT2D eigenvalue weighted by Crippen LogP contribution is -2.41. The van der Waals surface area contributed by atoms with Crippen LogP contribution in [0.4, 0.5) is 0 Å². The highest BCUT2D eigenvalue weighted by Gasteiger charge is 2.20. The summed E-state index contributed by atoms with van der Waals surface area (Å²) in [5.74, 6) is 1.32. The van der Waals surface area contributed by atoms with Crippen LogP contribution in [-0.2, 0) is 17.8 Å². The van der Waals surface area contributed by atoms with Crippen LogP contribution in [0.1, 0.15) is 44.3 Å². The first-order chi connectivity index (χ1) is 9.31. The number of aryl methyl sites for hydroxylation is 1. The zero-order valence-corrected chi connectivity index (χ0v) is 11.3. The summed E-state index contributed by atoms with van der Waals surface area (Å²) in [6, 6.07) is 0.262. The standard InChI is InChI=1S/C15H21N3O/c19-15(10-12-4-2-1-3-5-12)17-13-6-7-14-16-8-9-18(14)11-13/h4,8-9,13H,1-3,5-7,10-11H2,(H,17,19)/t13-/m1/s1. The monoisotopic (exact) mass is 259 g/mol. The van der Waals surface area contributed by atoms with Crippen LogP contribution in [0.5, 0.6) is 0 Å². The molecule has 0 aromatic carbocycles. The van der Waals surface area contributed by atoms with Crippen molar-refractivity contribution in [3.05, 3.63) is 29.9 Å². The Bertz CT molecular complexity index is 489. The molecule has 1 atom stereocenters. The fraction of sp³-hybridized carbons (Fsp3) is 0.600. The second kappa shape index (κ2) is 5.59. The molecule has 3 rings (SSSR count). The van der Waals surface area contributed by atoms with E-state index in [2.05, 4.69) is 20.9 Å². The summed E-state index contributed by atoms with van der Waals surface area (Å²) in [4.78, 5) is 16.4. The molecule has 1 aromatic rings. The molecule has 0 spiro atoms. The number of amides is 1. The molecule has 0 bridgehead atoms. The average Bonchev–Trinajstić information content (AvgIpc) is 2.87. The molecule has 1 amide bonds. The number of imidazole rings is 1. The van der Waals surface area contributed by atoms with E-state index in [1.54, 1.807) is 0 Å². The molecule has 1 N–H and O–H groups in total. The summed E-state index contributed by atoms with van der Waals surface area (Å²) in [5.41, 5.74) is 1.32. The van der Waals surface area contributed by atoms with Gasteiger partial charge in [0.2, 0.25) is 5.91 Å². The number of rotatable bonds is 3. The summed E-state index contributed by atoms with van der Waals surface area (Å²) in [5, 5.41) is 3.17. The molecule has 1 aliphatic heterocycles. The zero-order valence-electron chi connectivity index (χ0n) is 11.3. The first-order valence-corrected chi connectivity index (χ1v) is 7.28. The van der Waals surface area contributed by atoms with Crippen molar-refractivity contribution in [2.24, 2.45) is 0 Å². The SMILES string of the molecule is O=C(CC1=CCCCC1)N[C@@H]1CCc2nccn2C1. The number of allylic oxidation sites excluding steroid dienone is 1. The van der Waals surface area contributed by atoms with E-state index in [0.717, 1.165) is 38.1 Å². The molecule has 19 heavy (non-hydrogen) atoms. The van der Waals surface area contributed by atoms with Crippen molar-refractivity contribution in [3.63, 3.8) is 0 Å². The van der Waals surface area contributed by atoms with Gasteiger partial charge in [-0.05, 0) is 32.1 Å². The fourth-order valence-corrected chi connectivity index (χ4v) is 3.03. The Balaban J connectivity index is 1.52. The third-order valence-electron chi connectivity index (χ3n) is 4.07. The molecular formula is C15H21N3O. The van der Waals surface area contributed by atoms with E-state index in [0.29, 0.717) is 6.42 Å². The number of carbonyl (C=O) groups excluding carboxylic acids is 1. The lowest BCUT2D eigenvalue weighted by Gasteiger charge is -2.25. The molecule has 1 aromatic heterocycles. The van der Waals surface area contributed by atoms with Gasteiger partial charge in [0.05, 0.1) is 0 Å². The maximum Gasteiger partial charge on any atom is 0.224 e. The van der Waals surface area contributed by atoms with E-state index in [9.17, 15) is 4.79 Å². The van der Waals surface area contributed by atoms with E-state index in [1.165, 1.54) is 18.4 Å². The highest BCUT2D eigenvalue weighted by molar-refractivity contribution is 5.78. The van der Waals surface area contributed by atoms with Crippen LogP contribution in [-0.4, -0.2) is 21.5 Å². The first kappa shape index (κ1) is 12.5. The Hall–Kier alpha value is -1.58. The van der Waals surface area contributed by atoms with E-state index in [4.69, 9.17) is 0 Å². The zero-order chi connectivity index (χ0) is 13.1. The normalized spacial score (nSPS) is 22.5. The summed E-state index contributed by atoms with van der Waals surface area (Å²) in [7, 11) is 0. The third kappa shape index (κ3) is 3.06. The minimum absolute atomic E-state index is 0.182. The molecule has 4 heteroatoms. The Morgan fingerprint density at radius 2 is 2.37 bits per heavy atom. The largest absolute Gasteiger partial charge is 0.351 e. The fourth-order valence-electron chi connectivity index (χ4n) is 3.03. The maximum atomic E-state index is 12.1. The van der Waals surface area contributed by atoms with Crippen molar-refractivity contribution in [2.45, 2.75) is 57.5 Å². The van der Waals surface area contributed by atoms with Crippen LogP contribution in [0.2, 0.25) is 0 Å². The van der Waals surface area contributed by atoms with Crippen LogP contribution in [0.3, 0.4) is 0 Å². The van der Waals surface area contributed by atoms with Crippen molar-refractivity contribution >= 4 is 5.91 Å². The number of carbonyl (C=O) groups is 1. The van der Waals surface area contributed by atoms with Gasteiger partial charge in [-0.1, -0.05) is 11.6 Å². The number of aromatic nitrogens is 2. The van der Waals surface area contributed by atoms with E-state index in [1.807, 2.05) is 12.4 Å². The molecule has 0 saturated heterocycles. The van der Waals surface area contributed by atoms with Gasteiger partial charge in [-0.2, -0.15) is 0 Å². The van der Waals surface area contributed by atoms with Gasteiger partial charge in [-0.25, -0.2) is 4.98 Å². The molecule has 2 aliphatic rings. The summed E-state index contributed by atoms with van der Waals surface area (Å²) in [6.07, 6.45) is 13.4. The lowest BCUT2D eigenvalue weighted by molar-refractivity contribution is -0.121. The maximum absolute atomic E-state index is 12.1. The highest BCUT2D eigenvalue weighted by Crippen LogP contribution is 2.20. The second-order valence-corrected chi connectivity index (χ2v) is 5.58. The van der Waals surface area contributed by atoms with E-state index >= 15 is 0 Å². The molecule has 0 saturated carbocycles. The van der Waals surface area contributed by atoms with Gasteiger partial charge in [0.1, 0.15) is 5.82 Å². The van der Waals surface area contributed by atoms with Gasteiger partial charge in [0.15, 0.2) is 0 Å². The predicted molar refractivity (Wildman–Crippen MR) is 73.6 cm³/mol. The van der Waals surface area contributed by atoms with Crippen LogP contribution in [0.25, 0.3) is 0 Å². The molecule has 4 nitrogen and oxygen atoms in total. The van der Waals surface area contributed by atoms with E-state index < -0.39 is 0 Å². The van der Waals surface area contributed by atoms with Crippen LogP contribution in [0.15, 0.2) is 24.0 Å². The van der Waals surface area contributed by atoms with Crippen molar-refractivity contribution in [1.82, 2.24) is 14.9 Å². The molecule has 2 heterocycles. The van der Waals surface area contributed by atoms with Gasteiger partial charge in [0.25, 0.3) is 0 Å². The molecule has 102 valence electrons. The average molecular weight is 259 g/mol. The first-order valence-electron chi connectivity index (χ1n) is 7.28. The minimum Gasteiger partial charge on any atom is -0.351 e. The second-order valence-electron chi connectivity index (χ2n) is 5.58. The van der Waals surface area contributed by atoms with Crippen LogP contribution in [0, 0.1) is 0 Å². The quantitative estimate of drug-likeness (QED) is 0.846. The van der Waals surface area contributed by atoms with Gasteiger partial charge >= 0.3 is 0 Å². The number of fused-ring (bicyclic) bond motifs is 1. The highest BCUT2D eigenvalue weighted by atomic mass is 16.1. The van der Waals surface area contributed by atoms with E-state index in [-0.39, 0.29) is 11.9 Å². The van der Waals surface area contributed by atoms with Gasteiger partial charge < -0.3 is 9.88 Å². The molecule has 0 unspecified atom stereocenters. The predicted octanol–water partition coefficient (Wildman–Crippen LogP) is 2.20. The molecular weight excluding hydrogens is 238 g/mol. The van der Waals surface area contributed by atoms with Crippen LogP contribution >= 0.6 is 0 Å². The topological polar surface area (TPSA) is 46.9 Å². The number of nitrogens with zero attached hydrogens (tertiary/aromatic N) is 2. The minimum atomic E-state index is 0.182. The Labute approximate surface area is 113 Å². The molecule has 1 aliphatic carbocycles. The third-order valence-corrected chi connectivity index (χ3v) is 4.07. The Kier molecular flexibility index (Phi) is 3.67. The van der Waals surface area contributed by atoms with Crippen molar-refractivity contribution in [2.75, 3.05) is 0 Å². The van der Waals surface area contributed by atoms with Crippen molar-refractivity contribution < 1.29 is 4.79 Å². The van der Waals surface area contributed by atoms with Gasteiger partial charge in [0, 0.05) is 37.8 Å². The van der Waals surface area contributed by atoms with Crippen molar-refractivity contribution in [3.8, 4) is 0 Å². The van der Waals surface area contributed by atoms with Gasteiger partial charge in [-0.3, -0.25) is 4.79 Å². The molecule has 0 radical (unpaired) electrons. The summed E-state index contributed by atoms with van der Waals surface area (Å²) < 4.78 is 2.15. The number of hydrogen-bond acceptors (Lipinski definition) is 2. The summed E-state index contributed by atoms with van der Waals surface area (Å²) >= 11 is 0. The smallest absolute Gasteiger partial charge is 0.224 e. The molecule has 0 fully saturated rings. The van der Waals surface area contributed by atoms with Crippen molar-refractivity contribution in [1.29, 1.82) is 0 Å². The lowest BCUT2D eigenvalue weighted by atomic mass is 9.97. The Morgan fingerprint density at radius 1 is 1.42 bits per heavy atom. The Morgan fingerprint density at radius 3 is 3.21 bits per heavy atom. The number of nitrogens with one attached hydrogen (secondary N) is 1. The summed E-state index contributed by atoms with van der Waals surface area (Å²) in [6.45, 7) is 0.861. The number of hydrogen-bond donors (Lipinski definition) is 1. The van der Waals surface area contributed by atoms with Crippen LogP contribution < -0.4 is 5.32 Å².